The summed E-state index contributed by atoms with van der Waals surface area (Å²) in [5.41, 5.74) is 5.55. The van der Waals surface area contributed by atoms with Crippen LogP contribution >= 0.6 is 22.7 Å². The quantitative estimate of drug-likeness (QED) is 0.352. The van der Waals surface area contributed by atoms with E-state index in [0.717, 1.165) is 56.9 Å². The molecule has 8 bridgehead atoms. The Morgan fingerprint density at radius 2 is 0.889 bits per heavy atom. The predicted octanol–water partition coefficient (Wildman–Crippen LogP) is 8.26. The molecular weight excluding hydrogens is 478 g/mol. The molecule has 3 aromatic heterocycles. The van der Waals surface area contributed by atoms with Crippen LogP contribution in [0.1, 0.15) is 88.4 Å². The molecule has 0 aliphatic heterocycles. The van der Waals surface area contributed by atoms with Gasteiger partial charge in [0.05, 0.1) is 22.8 Å². The van der Waals surface area contributed by atoms with E-state index in [1.165, 1.54) is 88.4 Å². The number of hydrogen-bond donors (Lipinski definition) is 0. The Balaban J connectivity index is 1.01. The van der Waals surface area contributed by atoms with Gasteiger partial charge in [-0.3, -0.25) is 0 Å². The van der Waals surface area contributed by atoms with E-state index in [9.17, 15) is 0 Å². The van der Waals surface area contributed by atoms with Crippen molar-refractivity contribution in [2.45, 2.75) is 87.9 Å². The number of hydrogen-bond acceptors (Lipinski definition) is 5. The largest absolute Gasteiger partial charge is 0.243 e. The van der Waals surface area contributed by atoms with Crippen LogP contribution in [-0.2, 0) is 10.8 Å². The number of pyridine rings is 1. The Hall–Kier alpha value is -1.59. The second kappa shape index (κ2) is 7.50. The second-order valence-electron chi connectivity index (χ2n) is 13.9. The SMILES string of the molecule is c1cc(-c2nc(C34CC5CC(CC(C5)C3)C4)cs2)nc(-c2nc(C34CC5CC(CC(C5)C3)C4)cs2)c1. The lowest BCUT2D eigenvalue weighted by atomic mass is 9.49. The molecule has 8 fully saturated rings. The summed E-state index contributed by atoms with van der Waals surface area (Å²) in [5.74, 6) is 5.73. The molecule has 3 heterocycles. The van der Waals surface area contributed by atoms with Gasteiger partial charge in [0.2, 0.25) is 0 Å². The Morgan fingerprint density at radius 1 is 0.528 bits per heavy atom. The average Bonchev–Trinajstić information content (AvgIpc) is 3.54. The van der Waals surface area contributed by atoms with Gasteiger partial charge in [-0.1, -0.05) is 6.07 Å². The summed E-state index contributed by atoms with van der Waals surface area (Å²) in [6.45, 7) is 0. The predicted molar refractivity (Wildman–Crippen MR) is 146 cm³/mol. The number of thiazole rings is 2. The summed E-state index contributed by atoms with van der Waals surface area (Å²) < 4.78 is 0. The van der Waals surface area contributed by atoms with E-state index in [1.54, 1.807) is 0 Å². The van der Waals surface area contributed by atoms with E-state index in [-0.39, 0.29) is 0 Å². The summed E-state index contributed by atoms with van der Waals surface area (Å²) in [5, 5.41) is 6.96. The Kier molecular flexibility index (Phi) is 4.45. The van der Waals surface area contributed by atoms with Gasteiger partial charge in [0, 0.05) is 21.6 Å². The minimum absolute atomic E-state index is 0.364. The maximum absolute atomic E-state index is 5.28. The van der Waals surface area contributed by atoms with Crippen molar-refractivity contribution < 1.29 is 0 Å². The third-order valence-corrected chi connectivity index (χ3v) is 13.1. The fraction of sp³-hybridized carbons (Fsp3) is 0.645. The van der Waals surface area contributed by atoms with Gasteiger partial charge in [0.15, 0.2) is 0 Å². The molecule has 0 spiro atoms. The summed E-state index contributed by atoms with van der Waals surface area (Å²) in [6, 6.07) is 6.47. The lowest BCUT2D eigenvalue weighted by molar-refractivity contribution is -0.00699. The first-order valence-electron chi connectivity index (χ1n) is 14.5. The summed E-state index contributed by atoms with van der Waals surface area (Å²) in [6.07, 6.45) is 17.2. The molecular formula is C31H35N3S2. The average molecular weight is 514 g/mol. The van der Waals surface area contributed by atoms with Gasteiger partial charge in [-0.25, -0.2) is 15.0 Å². The standard InChI is InChI=1S/C31H35N3S2/c1-2-24(28-33-26(16-35-28)30-10-18-4-19(11-30)6-20(5-18)12-30)32-25(3-1)29-34-27(17-36-29)31-13-21-7-22(14-31)9-23(8-21)15-31/h1-3,16-23H,4-15H2. The molecule has 0 saturated heterocycles. The van der Waals surface area contributed by atoms with E-state index in [1.807, 2.05) is 22.7 Å². The van der Waals surface area contributed by atoms with Gasteiger partial charge in [-0.05, 0) is 125 Å². The zero-order valence-corrected chi connectivity index (χ0v) is 22.6. The van der Waals surface area contributed by atoms with Crippen LogP contribution < -0.4 is 0 Å². The Bertz CT molecular complexity index is 1170. The smallest absolute Gasteiger partial charge is 0.142 e. The van der Waals surface area contributed by atoms with Crippen LogP contribution in [0.4, 0.5) is 0 Å². The number of aromatic nitrogens is 3. The molecule has 0 aromatic carbocycles. The zero-order valence-electron chi connectivity index (χ0n) is 21.0. The molecule has 8 aliphatic rings. The molecule has 0 unspecified atom stereocenters. The highest BCUT2D eigenvalue weighted by atomic mass is 32.1. The summed E-state index contributed by atoms with van der Waals surface area (Å²) >= 11 is 3.62. The van der Waals surface area contributed by atoms with Crippen LogP contribution in [0.2, 0.25) is 0 Å². The second-order valence-corrected chi connectivity index (χ2v) is 15.6. The molecule has 0 amide bonds. The third kappa shape index (κ3) is 3.17. The van der Waals surface area contributed by atoms with Crippen molar-refractivity contribution in [1.82, 2.24) is 15.0 Å². The Labute approximate surface area is 222 Å². The lowest BCUT2D eigenvalue weighted by Gasteiger charge is -2.56. The van der Waals surface area contributed by atoms with E-state index in [4.69, 9.17) is 15.0 Å². The summed E-state index contributed by atoms with van der Waals surface area (Å²) in [4.78, 5) is 15.7. The maximum atomic E-state index is 5.28. The van der Waals surface area contributed by atoms with Gasteiger partial charge in [-0.2, -0.15) is 0 Å². The minimum Gasteiger partial charge on any atom is -0.243 e. The molecule has 5 heteroatoms. The monoisotopic (exact) mass is 513 g/mol. The molecule has 8 aliphatic carbocycles. The molecule has 36 heavy (non-hydrogen) atoms. The highest BCUT2D eigenvalue weighted by Gasteiger charge is 2.53. The van der Waals surface area contributed by atoms with Crippen LogP contribution in [-0.4, -0.2) is 15.0 Å². The van der Waals surface area contributed by atoms with E-state index >= 15 is 0 Å². The third-order valence-electron chi connectivity index (χ3n) is 11.4. The van der Waals surface area contributed by atoms with Crippen molar-refractivity contribution >= 4 is 22.7 Å². The molecule has 0 radical (unpaired) electrons. The van der Waals surface area contributed by atoms with Gasteiger partial charge in [-0.15, -0.1) is 22.7 Å². The van der Waals surface area contributed by atoms with Crippen LogP contribution in [0.3, 0.4) is 0 Å². The fourth-order valence-electron chi connectivity index (χ4n) is 10.8. The zero-order chi connectivity index (χ0) is 23.5. The van der Waals surface area contributed by atoms with E-state index in [0.29, 0.717) is 10.8 Å². The van der Waals surface area contributed by atoms with Crippen molar-refractivity contribution in [1.29, 1.82) is 0 Å². The summed E-state index contributed by atoms with van der Waals surface area (Å²) in [7, 11) is 0. The van der Waals surface area contributed by atoms with Crippen LogP contribution in [0, 0.1) is 35.5 Å². The van der Waals surface area contributed by atoms with Crippen molar-refractivity contribution in [3.05, 3.63) is 40.3 Å². The first kappa shape index (κ1) is 21.4. The first-order valence-corrected chi connectivity index (χ1v) is 16.3. The maximum Gasteiger partial charge on any atom is 0.142 e. The minimum atomic E-state index is 0.364. The highest BCUT2D eigenvalue weighted by Crippen LogP contribution is 2.62. The van der Waals surface area contributed by atoms with Gasteiger partial charge in [0.25, 0.3) is 0 Å². The van der Waals surface area contributed by atoms with E-state index in [2.05, 4.69) is 29.0 Å². The van der Waals surface area contributed by atoms with Gasteiger partial charge in [0.1, 0.15) is 10.0 Å². The molecule has 0 atom stereocenters. The fourth-order valence-corrected chi connectivity index (χ4v) is 12.6. The molecule has 3 aromatic rings. The molecule has 8 saturated carbocycles. The van der Waals surface area contributed by atoms with Crippen LogP contribution in [0.15, 0.2) is 29.0 Å². The van der Waals surface area contributed by atoms with Gasteiger partial charge < -0.3 is 0 Å². The number of rotatable bonds is 4. The first-order chi connectivity index (χ1) is 17.6. The van der Waals surface area contributed by atoms with Crippen molar-refractivity contribution in [3.8, 4) is 21.4 Å². The lowest BCUT2D eigenvalue weighted by Crippen LogP contribution is -2.48. The molecule has 11 rings (SSSR count). The Morgan fingerprint density at radius 3 is 1.25 bits per heavy atom. The van der Waals surface area contributed by atoms with Crippen LogP contribution in [0.25, 0.3) is 21.4 Å². The van der Waals surface area contributed by atoms with E-state index < -0.39 is 0 Å². The van der Waals surface area contributed by atoms with Gasteiger partial charge >= 0.3 is 0 Å². The normalized spacial score (nSPS) is 41.9. The van der Waals surface area contributed by atoms with Crippen molar-refractivity contribution in [2.75, 3.05) is 0 Å². The molecule has 186 valence electrons. The topological polar surface area (TPSA) is 38.7 Å². The number of nitrogens with zero attached hydrogens (tertiary/aromatic N) is 3. The molecule has 3 nitrogen and oxygen atoms in total. The molecule has 0 N–H and O–H groups in total. The highest BCUT2D eigenvalue weighted by molar-refractivity contribution is 7.13. The van der Waals surface area contributed by atoms with Crippen molar-refractivity contribution in [2.24, 2.45) is 35.5 Å². The van der Waals surface area contributed by atoms with Crippen molar-refractivity contribution in [3.63, 3.8) is 0 Å². The van der Waals surface area contributed by atoms with Crippen LogP contribution in [0.5, 0.6) is 0 Å².